The van der Waals surface area contributed by atoms with Crippen molar-refractivity contribution in [1.82, 2.24) is 14.9 Å². The minimum atomic E-state index is -0.209. The SMILES string of the molecule is CCSc1nnc(C)n1NC(=O)C=Cc1ccc(C(C)C)cc1. The second-order valence-electron chi connectivity index (χ2n) is 5.43. The molecule has 0 spiro atoms. The third kappa shape index (κ3) is 4.69. The monoisotopic (exact) mass is 330 g/mol. The van der Waals surface area contributed by atoms with E-state index in [9.17, 15) is 4.79 Å². The van der Waals surface area contributed by atoms with Gasteiger partial charge in [0, 0.05) is 6.08 Å². The standard InChI is InChI=1S/C17H22N4OS/c1-5-23-17-19-18-13(4)21(17)20-16(22)11-8-14-6-9-15(10-7-14)12(2)3/h6-12H,5H2,1-4H3,(H,20,22). The summed E-state index contributed by atoms with van der Waals surface area (Å²) in [6.07, 6.45) is 3.32. The molecule has 1 heterocycles. The van der Waals surface area contributed by atoms with Gasteiger partial charge >= 0.3 is 0 Å². The molecule has 0 atom stereocenters. The van der Waals surface area contributed by atoms with Crippen LogP contribution in [-0.2, 0) is 4.79 Å². The van der Waals surface area contributed by atoms with Crippen LogP contribution in [0.25, 0.3) is 6.08 Å². The molecule has 0 bridgehead atoms. The Hall–Kier alpha value is -2.08. The second-order valence-corrected chi connectivity index (χ2v) is 6.66. The van der Waals surface area contributed by atoms with Gasteiger partial charge in [0.25, 0.3) is 5.91 Å². The van der Waals surface area contributed by atoms with Crippen LogP contribution in [0.15, 0.2) is 35.5 Å². The number of nitrogens with zero attached hydrogens (tertiary/aromatic N) is 3. The fourth-order valence-corrected chi connectivity index (χ4v) is 2.67. The molecule has 2 aromatic rings. The summed E-state index contributed by atoms with van der Waals surface area (Å²) >= 11 is 1.53. The van der Waals surface area contributed by atoms with Gasteiger partial charge in [-0.25, -0.2) is 4.68 Å². The number of aromatic nitrogens is 3. The Kier molecular flexibility index (Phi) is 5.98. The lowest BCUT2D eigenvalue weighted by atomic mass is 10.0. The summed E-state index contributed by atoms with van der Waals surface area (Å²) in [6.45, 7) is 8.15. The molecule has 2 rings (SSSR count). The summed E-state index contributed by atoms with van der Waals surface area (Å²) < 4.78 is 1.61. The molecule has 1 aromatic carbocycles. The number of aryl methyl sites for hydroxylation is 1. The number of carbonyl (C=O) groups excluding carboxylic acids is 1. The summed E-state index contributed by atoms with van der Waals surface area (Å²) in [5.74, 6) is 1.82. The first-order chi connectivity index (χ1) is 11.0. The number of amides is 1. The molecule has 0 radical (unpaired) electrons. The lowest BCUT2D eigenvalue weighted by Crippen LogP contribution is -2.22. The normalized spacial score (nSPS) is 11.3. The Morgan fingerprint density at radius 2 is 2.00 bits per heavy atom. The quantitative estimate of drug-likeness (QED) is 0.649. The molecule has 122 valence electrons. The van der Waals surface area contributed by atoms with Crippen LogP contribution in [0.5, 0.6) is 0 Å². The maximum atomic E-state index is 12.1. The Bertz CT molecular complexity index is 689. The van der Waals surface area contributed by atoms with Gasteiger partial charge in [0.05, 0.1) is 0 Å². The van der Waals surface area contributed by atoms with Crippen LogP contribution in [0.4, 0.5) is 0 Å². The average Bonchev–Trinajstić information content (AvgIpc) is 2.87. The van der Waals surface area contributed by atoms with Gasteiger partial charge in [-0.3, -0.25) is 10.2 Å². The Morgan fingerprint density at radius 3 is 2.61 bits per heavy atom. The molecular formula is C17H22N4OS. The van der Waals surface area contributed by atoms with Crippen molar-refractivity contribution in [3.05, 3.63) is 47.3 Å². The Morgan fingerprint density at radius 1 is 1.30 bits per heavy atom. The van der Waals surface area contributed by atoms with E-state index in [0.29, 0.717) is 16.9 Å². The van der Waals surface area contributed by atoms with Crippen LogP contribution in [0.2, 0.25) is 0 Å². The highest BCUT2D eigenvalue weighted by molar-refractivity contribution is 7.99. The van der Waals surface area contributed by atoms with E-state index in [-0.39, 0.29) is 5.91 Å². The maximum Gasteiger partial charge on any atom is 0.262 e. The lowest BCUT2D eigenvalue weighted by molar-refractivity contribution is -0.112. The van der Waals surface area contributed by atoms with E-state index in [1.807, 2.05) is 19.1 Å². The van der Waals surface area contributed by atoms with Crippen LogP contribution < -0.4 is 5.43 Å². The van der Waals surface area contributed by atoms with Crippen molar-refractivity contribution >= 4 is 23.7 Å². The number of nitrogens with one attached hydrogen (secondary N) is 1. The number of rotatable bonds is 6. The second kappa shape index (κ2) is 7.97. The highest BCUT2D eigenvalue weighted by Gasteiger charge is 2.10. The summed E-state index contributed by atoms with van der Waals surface area (Å²) in [6, 6.07) is 8.20. The number of hydrogen-bond donors (Lipinski definition) is 1. The zero-order valence-electron chi connectivity index (χ0n) is 13.9. The fraction of sp³-hybridized carbons (Fsp3) is 0.353. The third-order valence-corrected chi connectivity index (χ3v) is 4.13. The smallest absolute Gasteiger partial charge is 0.262 e. The van der Waals surface area contributed by atoms with E-state index in [1.165, 1.54) is 23.4 Å². The molecule has 23 heavy (non-hydrogen) atoms. The molecule has 0 aliphatic heterocycles. The molecule has 1 aromatic heterocycles. The number of thioether (sulfide) groups is 1. The van der Waals surface area contributed by atoms with Crippen molar-refractivity contribution in [1.29, 1.82) is 0 Å². The highest BCUT2D eigenvalue weighted by Crippen LogP contribution is 2.16. The van der Waals surface area contributed by atoms with Gasteiger partial charge in [0.2, 0.25) is 5.16 Å². The largest absolute Gasteiger partial charge is 0.268 e. The predicted octanol–water partition coefficient (Wildman–Crippen LogP) is 3.61. The van der Waals surface area contributed by atoms with Crippen LogP contribution in [0, 0.1) is 6.92 Å². The van der Waals surface area contributed by atoms with E-state index in [2.05, 4.69) is 41.6 Å². The molecule has 0 fully saturated rings. The van der Waals surface area contributed by atoms with Gasteiger partial charge < -0.3 is 0 Å². The van der Waals surface area contributed by atoms with Gasteiger partial charge in [-0.05, 0) is 35.8 Å². The van der Waals surface area contributed by atoms with Crippen molar-refractivity contribution in [2.75, 3.05) is 11.2 Å². The molecule has 5 nitrogen and oxygen atoms in total. The predicted molar refractivity (Wildman–Crippen MR) is 95.1 cm³/mol. The Balaban J connectivity index is 2.03. The van der Waals surface area contributed by atoms with E-state index < -0.39 is 0 Å². The molecule has 0 aliphatic carbocycles. The van der Waals surface area contributed by atoms with Crippen molar-refractivity contribution in [3.8, 4) is 0 Å². The zero-order chi connectivity index (χ0) is 16.8. The van der Waals surface area contributed by atoms with Crippen LogP contribution in [-0.4, -0.2) is 26.5 Å². The van der Waals surface area contributed by atoms with Crippen molar-refractivity contribution in [2.24, 2.45) is 0 Å². The van der Waals surface area contributed by atoms with E-state index in [1.54, 1.807) is 17.7 Å². The molecule has 1 N–H and O–H groups in total. The van der Waals surface area contributed by atoms with Crippen molar-refractivity contribution in [2.45, 2.75) is 38.8 Å². The maximum absolute atomic E-state index is 12.1. The topological polar surface area (TPSA) is 59.8 Å². The summed E-state index contributed by atoms with van der Waals surface area (Å²) in [7, 11) is 0. The molecule has 0 saturated carbocycles. The van der Waals surface area contributed by atoms with Crippen molar-refractivity contribution < 1.29 is 4.79 Å². The van der Waals surface area contributed by atoms with Gasteiger partial charge in [0.1, 0.15) is 5.82 Å². The highest BCUT2D eigenvalue weighted by atomic mass is 32.2. The van der Waals surface area contributed by atoms with E-state index in [4.69, 9.17) is 0 Å². The van der Waals surface area contributed by atoms with Gasteiger partial charge in [0.15, 0.2) is 0 Å². The lowest BCUT2D eigenvalue weighted by Gasteiger charge is -2.07. The average molecular weight is 330 g/mol. The summed E-state index contributed by atoms with van der Waals surface area (Å²) in [4.78, 5) is 12.1. The summed E-state index contributed by atoms with van der Waals surface area (Å²) in [5, 5.41) is 8.71. The first kappa shape index (κ1) is 17.3. The molecular weight excluding hydrogens is 308 g/mol. The van der Waals surface area contributed by atoms with E-state index >= 15 is 0 Å². The van der Waals surface area contributed by atoms with Gasteiger partial charge in [-0.15, -0.1) is 10.2 Å². The fourth-order valence-electron chi connectivity index (χ4n) is 2.01. The first-order valence-electron chi connectivity index (χ1n) is 7.65. The molecule has 0 aliphatic rings. The minimum Gasteiger partial charge on any atom is -0.268 e. The first-order valence-corrected chi connectivity index (χ1v) is 8.63. The summed E-state index contributed by atoms with van der Waals surface area (Å²) in [5.41, 5.74) is 5.07. The van der Waals surface area contributed by atoms with E-state index in [0.717, 1.165) is 11.3 Å². The molecule has 0 unspecified atom stereocenters. The Labute approximate surface area is 141 Å². The number of hydrogen-bond acceptors (Lipinski definition) is 4. The number of benzene rings is 1. The third-order valence-electron chi connectivity index (χ3n) is 3.32. The van der Waals surface area contributed by atoms with Crippen molar-refractivity contribution in [3.63, 3.8) is 0 Å². The minimum absolute atomic E-state index is 0.209. The van der Waals surface area contributed by atoms with Gasteiger partial charge in [-0.2, -0.15) is 0 Å². The molecule has 0 saturated heterocycles. The van der Waals surface area contributed by atoms with Crippen LogP contribution in [0.3, 0.4) is 0 Å². The van der Waals surface area contributed by atoms with Crippen LogP contribution in [0.1, 0.15) is 43.6 Å². The zero-order valence-corrected chi connectivity index (χ0v) is 14.7. The van der Waals surface area contributed by atoms with Crippen LogP contribution >= 0.6 is 11.8 Å². The number of carbonyl (C=O) groups is 1. The van der Waals surface area contributed by atoms with Gasteiger partial charge in [-0.1, -0.05) is 56.8 Å². The molecule has 6 heteroatoms. The molecule has 1 amide bonds.